The first-order valence-corrected chi connectivity index (χ1v) is 9.15. The van der Waals surface area contributed by atoms with E-state index in [-0.39, 0.29) is 12.2 Å². The molecule has 3 aromatic carbocycles. The molecular weight excluding hydrogens is 365 g/mol. The minimum atomic E-state index is -4.83. The van der Waals surface area contributed by atoms with Crippen LogP contribution in [0.4, 0.5) is 18.9 Å². The normalized spacial score (nSPS) is 12.3. The van der Waals surface area contributed by atoms with Crippen molar-refractivity contribution < 1.29 is 21.6 Å². The molecule has 0 fully saturated rings. The Kier molecular flexibility index (Phi) is 4.64. The van der Waals surface area contributed by atoms with E-state index >= 15 is 0 Å². The molecule has 0 saturated carbocycles. The SMILES string of the molecule is NS(=O)(=O)c1ccc(NCc2cccc3ccccc23)cc1C(F)(F)F. The van der Waals surface area contributed by atoms with E-state index in [4.69, 9.17) is 5.14 Å². The van der Waals surface area contributed by atoms with E-state index in [0.29, 0.717) is 0 Å². The fourth-order valence-electron chi connectivity index (χ4n) is 2.75. The molecule has 0 saturated heterocycles. The van der Waals surface area contributed by atoms with Crippen LogP contribution in [0.2, 0.25) is 0 Å². The van der Waals surface area contributed by atoms with E-state index < -0.39 is 26.7 Å². The Morgan fingerprint density at radius 1 is 0.962 bits per heavy atom. The molecule has 0 aromatic heterocycles. The summed E-state index contributed by atoms with van der Waals surface area (Å²) in [6.07, 6.45) is -4.83. The van der Waals surface area contributed by atoms with Crippen LogP contribution < -0.4 is 10.5 Å². The Hall–Kier alpha value is -2.58. The number of alkyl halides is 3. The third kappa shape index (κ3) is 3.81. The van der Waals surface area contributed by atoms with Gasteiger partial charge in [0.15, 0.2) is 0 Å². The van der Waals surface area contributed by atoms with Crippen molar-refractivity contribution in [1.82, 2.24) is 0 Å². The number of hydrogen-bond donors (Lipinski definition) is 2. The number of benzene rings is 3. The maximum Gasteiger partial charge on any atom is 0.417 e. The van der Waals surface area contributed by atoms with Crippen molar-refractivity contribution in [2.75, 3.05) is 5.32 Å². The summed E-state index contributed by atoms with van der Waals surface area (Å²) < 4.78 is 62.3. The lowest BCUT2D eigenvalue weighted by atomic mass is 10.0. The zero-order valence-electron chi connectivity index (χ0n) is 13.4. The van der Waals surface area contributed by atoms with Crippen LogP contribution in [0, 0.1) is 0 Å². The predicted octanol–water partition coefficient (Wildman–Crippen LogP) is 4.12. The number of nitrogens with two attached hydrogens (primary N) is 1. The molecule has 0 amide bonds. The van der Waals surface area contributed by atoms with Gasteiger partial charge in [-0.05, 0) is 34.5 Å². The Labute approximate surface area is 148 Å². The molecule has 3 rings (SSSR count). The molecule has 26 heavy (non-hydrogen) atoms. The maximum absolute atomic E-state index is 13.2. The highest BCUT2D eigenvalue weighted by atomic mass is 32.2. The molecule has 0 aliphatic rings. The van der Waals surface area contributed by atoms with Crippen LogP contribution in [0.3, 0.4) is 0 Å². The van der Waals surface area contributed by atoms with Gasteiger partial charge in [-0.3, -0.25) is 0 Å². The summed E-state index contributed by atoms with van der Waals surface area (Å²) in [4.78, 5) is -0.944. The molecule has 136 valence electrons. The van der Waals surface area contributed by atoms with E-state index in [9.17, 15) is 21.6 Å². The standard InChI is InChI=1S/C18H15F3N2O2S/c19-18(20,21)16-10-14(8-9-17(16)26(22,24)25)23-11-13-6-3-5-12-4-1-2-7-15(12)13/h1-10,23H,11H2,(H2,22,24,25). The van der Waals surface area contributed by atoms with Crippen molar-refractivity contribution in [3.63, 3.8) is 0 Å². The summed E-state index contributed by atoms with van der Waals surface area (Å²) in [6, 6.07) is 16.2. The lowest BCUT2D eigenvalue weighted by molar-refractivity contribution is -0.139. The Balaban J connectivity index is 1.93. The van der Waals surface area contributed by atoms with Crippen molar-refractivity contribution in [1.29, 1.82) is 0 Å². The number of sulfonamides is 1. The van der Waals surface area contributed by atoms with Crippen LogP contribution in [-0.4, -0.2) is 8.42 Å². The minimum absolute atomic E-state index is 0.151. The number of anilines is 1. The third-order valence-corrected chi connectivity index (χ3v) is 4.92. The Morgan fingerprint density at radius 3 is 2.35 bits per heavy atom. The molecule has 3 N–H and O–H groups in total. The highest BCUT2D eigenvalue weighted by molar-refractivity contribution is 7.89. The summed E-state index contributed by atoms with van der Waals surface area (Å²) in [5.41, 5.74) is -0.229. The minimum Gasteiger partial charge on any atom is -0.381 e. The molecule has 0 unspecified atom stereocenters. The third-order valence-electron chi connectivity index (χ3n) is 3.95. The van der Waals surface area contributed by atoms with E-state index in [1.54, 1.807) is 0 Å². The van der Waals surface area contributed by atoms with Gasteiger partial charge in [-0.15, -0.1) is 0 Å². The van der Waals surface area contributed by atoms with Crippen LogP contribution in [0.5, 0.6) is 0 Å². The number of hydrogen-bond acceptors (Lipinski definition) is 3. The number of nitrogens with one attached hydrogen (secondary N) is 1. The second-order valence-corrected chi connectivity index (χ2v) is 7.28. The van der Waals surface area contributed by atoms with Gasteiger partial charge in [0.25, 0.3) is 0 Å². The van der Waals surface area contributed by atoms with Crippen molar-refractivity contribution in [2.24, 2.45) is 5.14 Å². The van der Waals surface area contributed by atoms with Crippen LogP contribution in [0.25, 0.3) is 10.8 Å². The number of fused-ring (bicyclic) bond motifs is 1. The van der Waals surface area contributed by atoms with Crippen molar-refractivity contribution in [2.45, 2.75) is 17.6 Å². The molecular formula is C18H15F3N2O2S. The van der Waals surface area contributed by atoms with Crippen molar-refractivity contribution >= 4 is 26.5 Å². The average molecular weight is 380 g/mol. The molecule has 0 heterocycles. The van der Waals surface area contributed by atoms with Crippen molar-refractivity contribution in [3.8, 4) is 0 Å². The Bertz CT molecular complexity index is 1060. The van der Waals surface area contributed by atoms with Crippen LogP contribution in [-0.2, 0) is 22.7 Å². The smallest absolute Gasteiger partial charge is 0.381 e. The van der Waals surface area contributed by atoms with Gasteiger partial charge in [-0.25, -0.2) is 13.6 Å². The highest BCUT2D eigenvalue weighted by Crippen LogP contribution is 2.35. The summed E-state index contributed by atoms with van der Waals surface area (Å²) >= 11 is 0. The molecule has 0 radical (unpaired) electrons. The van der Waals surface area contributed by atoms with Gasteiger partial charge >= 0.3 is 6.18 Å². The van der Waals surface area contributed by atoms with E-state index in [1.807, 2.05) is 42.5 Å². The van der Waals surface area contributed by atoms with Crippen LogP contribution in [0.15, 0.2) is 65.6 Å². The first kappa shape index (κ1) is 18.2. The van der Waals surface area contributed by atoms with Crippen LogP contribution >= 0.6 is 0 Å². The molecule has 0 bridgehead atoms. The van der Waals surface area contributed by atoms with E-state index in [2.05, 4.69) is 5.32 Å². The van der Waals surface area contributed by atoms with Gasteiger partial charge in [0.05, 0.1) is 10.5 Å². The largest absolute Gasteiger partial charge is 0.417 e. The number of rotatable bonds is 4. The molecule has 0 aliphatic carbocycles. The van der Waals surface area contributed by atoms with Gasteiger partial charge in [0, 0.05) is 12.2 Å². The monoisotopic (exact) mass is 380 g/mol. The zero-order valence-corrected chi connectivity index (χ0v) is 14.2. The van der Waals surface area contributed by atoms with Gasteiger partial charge in [-0.1, -0.05) is 42.5 Å². The Morgan fingerprint density at radius 2 is 1.65 bits per heavy atom. The van der Waals surface area contributed by atoms with Gasteiger partial charge in [-0.2, -0.15) is 13.2 Å². The van der Waals surface area contributed by atoms with Gasteiger partial charge < -0.3 is 5.32 Å². The predicted molar refractivity (Wildman–Crippen MR) is 94.1 cm³/mol. The van der Waals surface area contributed by atoms with Crippen LogP contribution in [0.1, 0.15) is 11.1 Å². The lowest BCUT2D eigenvalue weighted by Gasteiger charge is -2.15. The molecule has 8 heteroatoms. The van der Waals surface area contributed by atoms with Gasteiger partial charge in [0.2, 0.25) is 10.0 Å². The summed E-state index contributed by atoms with van der Waals surface area (Å²) in [5, 5.41) is 9.80. The fraction of sp³-hybridized carbons (Fsp3) is 0.111. The molecule has 0 spiro atoms. The molecule has 0 atom stereocenters. The van der Waals surface area contributed by atoms with Crippen molar-refractivity contribution in [3.05, 3.63) is 71.8 Å². The maximum atomic E-state index is 13.2. The zero-order chi connectivity index (χ0) is 18.9. The lowest BCUT2D eigenvalue weighted by Crippen LogP contribution is -2.19. The quantitative estimate of drug-likeness (QED) is 0.715. The first-order valence-electron chi connectivity index (χ1n) is 7.61. The summed E-state index contributed by atoms with van der Waals surface area (Å²) in [5.74, 6) is 0. The fourth-order valence-corrected chi connectivity index (χ4v) is 3.49. The summed E-state index contributed by atoms with van der Waals surface area (Å²) in [7, 11) is -4.48. The topological polar surface area (TPSA) is 72.2 Å². The van der Waals surface area contributed by atoms with E-state index in [1.165, 1.54) is 6.07 Å². The second kappa shape index (κ2) is 6.62. The van der Waals surface area contributed by atoms with Gasteiger partial charge in [0.1, 0.15) is 0 Å². The number of halogens is 3. The summed E-state index contributed by atoms with van der Waals surface area (Å²) in [6.45, 7) is 0.285. The number of primary sulfonamides is 1. The molecule has 0 aliphatic heterocycles. The average Bonchev–Trinajstić information content (AvgIpc) is 2.58. The van der Waals surface area contributed by atoms with E-state index in [0.717, 1.165) is 28.5 Å². The second-order valence-electron chi connectivity index (χ2n) is 5.75. The molecule has 4 nitrogen and oxygen atoms in total. The highest BCUT2D eigenvalue weighted by Gasteiger charge is 2.36. The first-order chi connectivity index (χ1) is 12.2. The molecule has 3 aromatic rings.